The molecule has 1 heterocycles. The second-order valence-corrected chi connectivity index (χ2v) is 5.24. The Labute approximate surface area is 93.7 Å². The van der Waals surface area contributed by atoms with Gasteiger partial charge in [0.15, 0.2) is 0 Å². The predicted molar refractivity (Wildman–Crippen MR) is 61.8 cm³/mol. The van der Waals surface area contributed by atoms with Crippen LogP contribution in [0.2, 0.25) is 0 Å². The number of aryl methyl sites for hydroxylation is 2. The van der Waals surface area contributed by atoms with Crippen molar-refractivity contribution in [2.75, 3.05) is 0 Å². The Balaban J connectivity index is 1.91. The van der Waals surface area contributed by atoms with Crippen molar-refractivity contribution in [3.05, 3.63) is 21.4 Å². The number of carbonyl (C=O) groups excluding carboxylic acids is 1. The first-order valence-corrected chi connectivity index (χ1v) is 6.11. The zero-order valence-electron chi connectivity index (χ0n) is 8.88. The van der Waals surface area contributed by atoms with Gasteiger partial charge in [-0.3, -0.25) is 4.79 Å². The van der Waals surface area contributed by atoms with Crippen LogP contribution in [0, 0.1) is 0 Å². The number of fused-ring (bicyclic) bond motifs is 1. The Morgan fingerprint density at radius 3 is 3.13 bits per heavy atom. The molecule has 1 aliphatic rings. The number of carbonyl (C=O) groups is 1. The van der Waals surface area contributed by atoms with E-state index in [1.807, 2.05) is 11.3 Å². The molecule has 0 saturated carbocycles. The molecule has 1 aliphatic carbocycles. The molecule has 0 radical (unpaired) electrons. The molecule has 1 unspecified atom stereocenters. The summed E-state index contributed by atoms with van der Waals surface area (Å²) >= 11 is 1.86. The molecule has 0 fully saturated rings. The number of hydrogen-bond acceptors (Lipinski definition) is 3. The van der Waals surface area contributed by atoms with E-state index in [0.717, 1.165) is 6.54 Å². The molecule has 3 nitrogen and oxygen atoms in total. The van der Waals surface area contributed by atoms with Gasteiger partial charge in [0, 0.05) is 16.3 Å². The highest BCUT2D eigenvalue weighted by molar-refractivity contribution is 7.12. The summed E-state index contributed by atoms with van der Waals surface area (Å²) in [7, 11) is 0. The number of nitrogens with two attached hydrogens (primary N) is 1. The molecule has 2 rings (SSSR count). The average Bonchev–Trinajstić information content (AvgIpc) is 2.72. The van der Waals surface area contributed by atoms with Crippen LogP contribution in [0.4, 0.5) is 0 Å². The van der Waals surface area contributed by atoms with Crippen LogP contribution in [0.5, 0.6) is 0 Å². The average molecular weight is 224 g/mol. The number of primary amides is 1. The topological polar surface area (TPSA) is 55.1 Å². The summed E-state index contributed by atoms with van der Waals surface area (Å²) in [5.41, 5.74) is 6.68. The highest BCUT2D eigenvalue weighted by Crippen LogP contribution is 2.30. The number of hydrogen-bond donors (Lipinski definition) is 2. The third-order valence-electron chi connectivity index (χ3n) is 2.81. The number of rotatable bonds is 4. The van der Waals surface area contributed by atoms with Gasteiger partial charge >= 0.3 is 0 Å². The summed E-state index contributed by atoms with van der Waals surface area (Å²) in [5.74, 6) is -0.293. The van der Waals surface area contributed by atoms with E-state index in [-0.39, 0.29) is 11.9 Å². The molecule has 4 heteroatoms. The van der Waals surface area contributed by atoms with Gasteiger partial charge in [0.2, 0.25) is 5.91 Å². The van der Waals surface area contributed by atoms with Crippen molar-refractivity contribution in [2.24, 2.45) is 5.73 Å². The van der Waals surface area contributed by atoms with Crippen LogP contribution >= 0.6 is 11.3 Å². The van der Waals surface area contributed by atoms with E-state index in [1.165, 1.54) is 34.6 Å². The molecule has 0 spiro atoms. The predicted octanol–water partition coefficient (Wildman–Crippen LogP) is 1.20. The molecule has 15 heavy (non-hydrogen) atoms. The Kier molecular flexibility index (Phi) is 3.07. The summed E-state index contributed by atoms with van der Waals surface area (Å²) in [6.45, 7) is 2.55. The quantitative estimate of drug-likeness (QED) is 0.807. The Hall–Kier alpha value is -0.870. The summed E-state index contributed by atoms with van der Waals surface area (Å²) in [6.07, 6.45) is 3.75. The van der Waals surface area contributed by atoms with Crippen molar-refractivity contribution in [1.82, 2.24) is 5.32 Å². The Morgan fingerprint density at radius 2 is 2.47 bits per heavy atom. The van der Waals surface area contributed by atoms with Crippen LogP contribution < -0.4 is 11.1 Å². The monoisotopic (exact) mass is 224 g/mol. The summed E-state index contributed by atoms with van der Waals surface area (Å²) in [6, 6.07) is 2.01. The molecular formula is C11H16N2OS. The van der Waals surface area contributed by atoms with Crippen molar-refractivity contribution in [3.8, 4) is 0 Å². The Bertz CT molecular complexity index is 351. The SMILES string of the molecule is CC(NCc1cc2c(s1)CCC2)C(N)=O. The minimum Gasteiger partial charge on any atom is -0.368 e. The minimum absolute atomic E-state index is 0.248. The smallest absolute Gasteiger partial charge is 0.234 e. The van der Waals surface area contributed by atoms with Crippen LogP contribution in [0.1, 0.15) is 28.7 Å². The lowest BCUT2D eigenvalue weighted by atomic mass is 10.2. The zero-order chi connectivity index (χ0) is 10.8. The molecule has 1 atom stereocenters. The maximum absolute atomic E-state index is 10.8. The molecule has 0 aliphatic heterocycles. The van der Waals surface area contributed by atoms with E-state index in [2.05, 4.69) is 11.4 Å². The van der Waals surface area contributed by atoms with E-state index in [0.29, 0.717) is 0 Å². The molecule has 0 aromatic carbocycles. The van der Waals surface area contributed by atoms with Crippen LogP contribution in [-0.4, -0.2) is 11.9 Å². The number of amides is 1. The largest absolute Gasteiger partial charge is 0.368 e. The molecule has 1 aromatic rings. The van der Waals surface area contributed by atoms with E-state index in [1.54, 1.807) is 6.92 Å². The molecule has 1 aromatic heterocycles. The first-order valence-electron chi connectivity index (χ1n) is 5.30. The lowest BCUT2D eigenvalue weighted by Crippen LogP contribution is -2.38. The third kappa shape index (κ3) is 2.38. The van der Waals surface area contributed by atoms with Gasteiger partial charge in [-0.25, -0.2) is 0 Å². The molecular weight excluding hydrogens is 208 g/mol. The third-order valence-corrected chi connectivity index (χ3v) is 4.04. The van der Waals surface area contributed by atoms with Crippen molar-refractivity contribution >= 4 is 17.2 Å². The maximum atomic E-state index is 10.8. The molecule has 3 N–H and O–H groups in total. The van der Waals surface area contributed by atoms with E-state index in [9.17, 15) is 4.79 Å². The van der Waals surface area contributed by atoms with Crippen molar-refractivity contribution < 1.29 is 4.79 Å². The van der Waals surface area contributed by atoms with Gasteiger partial charge in [0.05, 0.1) is 6.04 Å². The summed E-state index contributed by atoms with van der Waals surface area (Å²) < 4.78 is 0. The number of nitrogens with one attached hydrogen (secondary N) is 1. The van der Waals surface area contributed by atoms with Crippen LogP contribution in [0.15, 0.2) is 6.07 Å². The lowest BCUT2D eigenvalue weighted by Gasteiger charge is -2.08. The molecule has 1 amide bonds. The highest BCUT2D eigenvalue weighted by Gasteiger charge is 2.15. The van der Waals surface area contributed by atoms with Crippen LogP contribution in [0.25, 0.3) is 0 Å². The van der Waals surface area contributed by atoms with Gasteiger partial charge in [-0.1, -0.05) is 0 Å². The van der Waals surface area contributed by atoms with Crippen molar-refractivity contribution in [3.63, 3.8) is 0 Å². The molecule has 0 bridgehead atoms. The second kappa shape index (κ2) is 4.33. The highest BCUT2D eigenvalue weighted by atomic mass is 32.1. The first-order chi connectivity index (χ1) is 7.16. The molecule has 82 valence electrons. The van der Waals surface area contributed by atoms with Gasteiger partial charge in [0.25, 0.3) is 0 Å². The van der Waals surface area contributed by atoms with E-state index in [4.69, 9.17) is 5.73 Å². The molecule has 0 saturated heterocycles. The van der Waals surface area contributed by atoms with Gasteiger partial charge in [-0.2, -0.15) is 0 Å². The number of thiophene rings is 1. The fourth-order valence-electron chi connectivity index (χ4n) is 1.83. The lowest BCUT2D eigenvalue weighted by molar-refractivity contribution is -0.119. The van der Waals surface area contributed by atoms with Crippen LogP contribution in [-0.2, 0) is 24.2 Å². The fraction of sp³-hybridized carbons (Fsp3) is 0.545. The second-order valence-electron chi connectivity index (χ2n) is 4.02. The van der Waals surface area contributed by atoms with E-state index < -0.39 is 0 Å². The van der Waals surface area contributed by atoms with Gasteiger partial charge in [-0.05, 0) is 37.8 Å². The Morgan fingerprint density at radius 1 is 1.67 bits per heavy atom. The summed E-state index contributed by atoms with van der Waals surface area (Å²) in [4.78, 5) is 13.7. The maximum Gasteiger partial charge on any atom is 0.234 e. The van der Waals surface area contributed by atoms with Gasteiger partial charge < -0.3 is 11.1 Å². The standard InChI is InChI=1S/C11H16N2OS/c1-7(11(12)14)13-6-9-5-8-3-2-4-10(8)15-9/h5,7,13H,2-4,6H2,1H3,(H2,12,14). The van der Waals surface area contributed by atoms with Crippen molar-refractivity contribution in [1.29, 1.82) is 0 Å². The van der Waals surface area contributed by atoms with Gasteiger partial charge in [0.1, 0.15) is 0 Å². The van der Waals surface area contributed by atoms with Crippen LogP contribution in [0.3, 0.4) is 0 Å². The normalized spacial score (nSPS) is 16.3. The first kappa shape index (κ1) is 10.6. The minimum atomic E-state index is -0.293. The zero-order valence-corrected chi connectivity index (χ0v) is 9.69. The van der Waals surface area contributed by atoms with E-state index >= 15 is 0 Å². The summed E-state index contributed by atoms with van der Waals surface area (Å²) in [5, 5.41) is 3.12. The van der Waals surface area contributed by atoms with Gasteiger partial charge in [-0.15, -0.1) is 11.3 Å². The van der Waals surface area contributed by atoms with Crippen molar-refractivity contribution in [2.45, 2.75) is 38.8 Å². The fourth-order valence-corrected chi connectivity index (χ4v) is 3.04.